The van der Waals surface area contributed by atoms with Crippen LogP contribution in [0.1, 0.15) is 16.8 Å². The van der Waals surface area contributed by atoms with Crippen molar-refractivity contribution in [3.8, 4) is 11.4 Å². The Morgan fingerprint density at radius 2 is 1.83 bits per heavy atom. The van der Waals surface area contributed by atoms with Crippen molar-refractivity contribution in [2.75, 3.05) is 12.4 Å². The smallest absolute Gasteiger partial charge is 0.229 e. The number of fused-ring (bicyclic) bond motifs is 1. The van der Waals surface area contributed by atoms with Crippen LogP contribution in [-0.2, 0) is 32.6 Å². The number of ether oxygens (including phenoxy) is 1. The van der Waals surface area contributed by atoms with Crippen LogP contribution in [-0.4, -0.2) is 31.2 Å². The summed E-state index contributed by atoms with van der Waals surface area (Å²) < 4.78 is 43.8. The van der Waals surface area contributed by atoms with Gasteiger partial charge < -0.3 is 10.1 Å². The van der Waals surface area contributed by atoms with E-state index in [1.165, 1.54) is 28.9 Å². The van der Waals surface area contributed by atoms with Crippen molar-refractivity contribution in [2.24, 2.45) is 0 Å². The molecule has 29 heavy (non-hydrogen) atoms. The predicted octanol–water partition coefficient (Wildman–Crippen LogP) is 2.63. The summed E-state index contributed by atoms with van der Waals surface area (Å²) in [5, 5.41) is 7.21. The first-order valence-electron chi connectivity index (χ1n) is 8.84. The van der Waals surface area contributed by atoms with Crippen molar-refractivity contribution in [1.82, 2.24) is 9.78 Å². The monoisotopic (exact) mass is 415 g/mol. The third kappa shape index (κ3) is 4.00. The summed E-state index contributed by atoms with van der Waals surface area (Å²) >= 11 is 0. The minimum absolute atomic E-state index is 0.0234. The first kappa shape index (κ1) is 19.1. The van der Waals surface area contributed by atoms with Crippen LogP contribution in [0.5, 0.6) is 5.75 Å². The van der Waals surface area contributed by atoms with E-state index in [1.54, 1.807) is 31.4 Å². The number of hydrogen-bond acceptors (Lipinski definition) is 5. The second-order valence-corrected chi connectivity index (χ2v) is 8.83. The Morgan fingerprint density at radius 1 is 1.14 bits per heavy atom. The molecule has 1 aliphatic heterocycles. The maximum absolute atomic E-state index is 13.1. The molecule has 0 saturated heterocycles. The number of halogens is 1. The van der Waals surface area contributed by atoms with Crippen LogP contribution in [0.25, 0.3) is 5.69 Å². The summed E-state index contributed by atoms with van der Waals surface area (Å²) in [4.78, 5) is 12.6. The molecular formula is C20H18FN3O4S. The van der Waals surface area contributed by atoms with Crippen LogP contribution in [0.15, 0.2) is 48.5 Å². The number of anilines is 1. The second kappa shape index (κ2) is 7.32. The van der Waals surface area contributed by atoms with Gasteiger partial charge in [0.2, 0.25) is 5.91 Å². The van der Waals surface area contributed by atoms with Crippen LogP contribution in [0.4, 0.5) is 10.2 Å². The zero-order chi connectivity index (χ0) is 20.6. The average molecular weight is 415 g/mol. The third-order valence-electron chi connectivity index (χ3n) is 4.64. The number of rotatable bonds is 5. The van der Waals surface area contributed by atoms with E-state index in [-0.39, 0.29) is 29.7 Å². The van der Waals surface area contributed by atoms with Crippen molar-refractivity contribution >= 4 is 21.6 Å². The summed E-state index contributed by atoms with van der Waals surface area (Å²) in [5.41, 5.74) is 2.23. The topological polar surface area (TPSA) is 90.3 Å². The molecule has 0 unspecified atom stereocenters. The Kier molecular flexibility index (Phi) is 4.83. The highest BCUT2D eigenvalue weighted by Gasteiger charge is 2.33. The van der Waals surface area contributed by atoms with Gasteiger partial charge in [0.05, 0.1) is 36.4 Å². The van der Waals surface area contributed by atoms with E-state index in [1.807, 2.05) is 0 Å². The van der Waals surface area contributed by atoms with E-state index in [2.05, 4.69) is 10.4 Å². The van der Waals surface area contributed by atoms with E-state index < -0.39 is 9.84 Å². The van der Waals surface area contributed by atoms with Gasteiger partial charge in [0, 0.05) is 5.56 Å². The lowest BCUT2D eigenvalue weighted by atomic mass is 10.1. The fourth-order valence-corrected chi connectivity index (χ4v) is 4.74. The zero-order valence-corrected chi connectivity index (χ0v) is 16.4. The SMILES string of the molecule is COc1ccc(-n2nc3c(c2NC(=O)Cc2ccc(F)cc2)CS(=O)(=O)C3)cc1. The van der Waals surface area contributed by atoms with Crippen LogP contribution >= 0.6 is 0 Å². The lowest BCUT2D eigenvalue weighted by Gasteiger charge is -2.12. The molecule has 0 bridgehead atoms. The van der Waals surface area contributed by atoms with Gasteiger partial charge in [-0.2, -0.15) is 5.10 Å². The first-order valence-corrected chi connectivity index (χ1v) is 10.7. The fraction of sp³-hybridized carbons (Fsp3) is 0.200. The molecule has 0 spiro atoms. The number of methoxy groups -OCH3 is 1. The molecule has 9 heteroatoms. The fourth-order valence-electron chi connectivity index (χ4n) is 3.25. The van der Waals surface area contributed by atoms with Crippen molar-refractivity contribution < 1.29 is 22.3 Å². The summed E-state index contributed by atoms with van der Waals surface area (Å²) in [7, 11) is -1.72. The second-order valence-electron chi connectivity index (χ2n) is 6.77. The summed E-state index contributed by atoms with van der Waals surface area (Å²) in [6.07, 6.45) is 0.0234. The predicted molar refractivity (Wildman–Crippen MR) is 105 cm³/mol. The lowest BCUT2D eigenvalue weighted by molar-refractivity contribution is -0.115. The maximum Gasteiger partial charge on any atom is 0.229 e. The van der Waals surface area contributed by atoms with E-state index in [4.69, 9.17) is 4.74 Å². The molecule has 1 N–H and O–H groups in total. The van der Waals surface area contributed by atoms with E-state index in [0.717, 1.165) is 0 Å². The summed E-state index contributed by atoms with van der Waals surface area (Å²) in [5.74, 6) is -0.0684. The molecule has 3 aromatic rings. The van der Waals surface area contributed by atoms with Crippen LogP contribution in [0.2, 0.25) is 0 Å². The average Bonchev–Trinajstić information content (AvgIpc) is 3.16. The number of sulfone groups is 1. The molecule has 150 valence electrons. The Bertz CT molecular complexity index is 1170. The normalized spacial score (nSPS) is 14.4. The zero-order valence-electron chi connectivity index (χ0n) is 15.6. The number of carbonyl (C=O) groups is 1. The molecule has 0 radical (unpaired) electrons. The Hall–Kier alpha value is -3.20. The highest BCUT2D eigenvalue weighted by Crippen LogP contribution is 2.33. The molecule has 2 heterocycles. The van der Waals surface area contributed by atoms with E-state index in [9.17, 15) is 17.6 Å². The number of benzene rings is 2. The van der Waals surface area contributed by atoms with Gasteiger partial charge in [-0.3, -0.25) is 4.79 Å². The lowest BCUT2D eigenvalue weighted by Crippen LogP contribution is -2.18. The molecule has 0 atom stereocenters. The molecule has 1 amide bonds. The first-order chi connectivity index (χ1) is 13.8. The van der Waals surface area contributed by atoms with Gasteiger partial charge in [-0.15, -0.1) is 0 Å². The number of aromatic nitrogens is 2. The van der Waals surface area contributed by atoms with Crippen molar-refractivity contribution in [1.29, 1.82) is 0 Å². The van der Waals surface area contributed by atoms with Crippen molar-refractivity contribution in [3.63, 3.8) is 0 Å². The standard InChI is InChI=1S/C20H18FN3O4S/c1-28-16-8-6-15(7-9-16)24-20(17-11-29(26,27)12-18(17)23-24)22-19(25)10-13-2-4-14(21)5-3-13/h2-9H,10-12H2,1H3,(H,22,25). The van der Waals surface area contributed by atoms with Gasteiger partial charge in [0.25, 0.3) is 0 Å². The van der Waals surface area contributed by atoms with Gasteiger partial charge in [-0.1, -0.05) is 12.1 Å². The Balaban J connectivity index is 1.66. The number of amides is 1. The van der Waals surface area contributed by atoms with Gasteiger partial charge in [0.1, 0.15) is 17.4 Å². The number of nitrogens with zero attached hydrogens (tertiary/aromatic N) is 2. The van der Waals surface area contributed by atoms with Crippen molar-refractivity contribution in [2.45, 2.75) is 17.9 Å². The molecule has 1 aromatic heterocycles. The van der Waals surface area contributed by atoms with Gasteiger partial charge in [-0.05, 0) is 42.0 Å². The summed E-state index contributed by atoms with van der Waals surface area (Å²) in [6, 6.07) is 12.7. The molecule has 0 saturated carbocycles. The van der Waals surface area contributed by atoms with Gasteiger partial charge >= 0.3 is 0 Å². The van der Waals surface area contributed by atoms with Gasteiger partial charge in [0.15, 0.2) is 9.84 Å². The van der Waals surface area contributed by atoms with Crippen molar-refractivity contribution in [3.05, 3.63) is 71.2 Å². The third-order valence-corrected chi connectivity index (χ3v) is 6.08. The highest BCUT2D eigenvalue weighted by atomic mass is 32.2. The van der Waals surface area contributed by atoms with E-state index >= 15 is 0 Å². The molecular weight excluding hydrogens is 397 g/mol. The maximum atomic E-state index is 13.1. The largest absolute Gasteiger partial charge is 0.497 e. The van der Waals surface area contributed by atoms with Crippen LogP contribution in [0, 0.1) is 5.82 Å². The quantitative estimate of drug-likeness (QED) is 0.692. The molecule has 0 aliphatic carbocycles. The molecule has 4 rings (SSSR count). The van der Waals surface area contributed by atoms with Crippen LogP contribution < -0.4 is 10.1 Å². The molecule has 7 nitrogen and oxygen atoms in total. The molecule has 1 aliphatic rings. The highest BCUT2D eigenvalue weighted by molar-refractivity contribution is 7.90. The minimum atomic E-state index is -3.28. The van der Waals surface area contributed by atoms with E-state index in [0.29, 0.717) is 34.1 Å². The molecule has 0 fully saturated rings. The Morgan fingerprint density at radius 3 is 2.48 bits per heavy atom. The molecule has 2 aromatic carbocycles. The number of hydrogen-bond donors (Lipinski definition) is 1. The number of carbonyl (C=O) groups excluding carboxylic acids is 1. The minimum Gasteiger partial charge on any atom is -0.497 e. The number of nitrogens with one attached hydrogen (secondary N) is 1. The Labute approximate surface area is 167 Å². The summed E-state index contributed by atoms with van der Waals surface area (Å²) in [6.45, 7) is 0. The van der Waals surface area contributed by atoms with Gasteiger partial charge in [-0.25, -0.2) is 17.5 Å². The van der Waals surface area contributed by atoms with Crippen LogP contribution in [0.3, 0.4) is 0 Å².